The smallest absolute Gasteiger partial charge is 0.434 e. The van der Waals surface area contributed by atoms with Crippen molar-refractivity contribution in [1.29, 1.82) is 0 Å². The van der Waals surface area contributed by atoms with Crippen LogP contribution in [0.2, 0.25) is 5.02 Å². The first kappa shape index (κ1) is 15.7. The largest absolute Gasteiger partial charge is 0.471 e. The van der Waals surface area contributed by atoms with E-state index >= 15 is 0 Å². The Hall–Kier alpha value is -1.70. The van der Waals surface area contributed by atoms with E-state index in [1.54, 1.807) is 0 Å². The molecule has 114 valence electrons. The molecule has 0 amide bonds. The van der Waals surface area contributed by atoms with Crippen molar-refractivity contribution >= 4 is 22.5 Å². The molecule has 0 radical (unpaired) electrons. The Kier molecular flexibility index (Phi) is 3.92. The molecule has 0 saturated carbocycles. The van der Waals surface area contributed by atoms with Gasteiger partial charge in [-0.2, -0.15) is 26.3 Å². The number of halogens is 7. The first-order valence-electron chi connectivity index (χ1n) is 5.43. The Balaban J connectivity index is 2.47. The normalized spacial score (nSPS) is 13.0. The number of ether oxygens (including phenoxy) is 1. The highest BCUT2D eigenvalue weighted by Gasteiger charge is 2.59. The molecule has 0 bridgehead atoms. The zero-order chi connectivity index (χ0) is 15.8. The fraction of sp³-hybridized carbons (Fsp3) is 0.250. The molecule has 0 aliphatic rings. The van der Waals surface area contributed by atoms with Gasteiger partial charge in [0.05, 0.1) is 5.52 Å². The third-order valence-electron chi connectivity index (χ3n) is 2.50. The molecule has 0 unspecified atom stereocenters. The number of nitrogens with zero attached hydrogens (tertiary/aromatic N) is 1. The molecule has 2 aromatic rings. The fourth-order valence-electron chi connectivity index (χ4n) is 1.64. The number of rotatable bonds is 2. The monoisotopic (exact) mass is 329 g/mol. The Morgan fingerprint density at radius 2 is 1.62 bits per heavy atom. The predicted molar refractivity (Wildman–Crippen MR) is 63.3 cm³/mol. The van der Waals surface area contributed by atoms with Gasteiger partial charge in [-0.15, -0.1) is 0 Å². The van der Waals surface area contributed by atoms with Crippen LogP contribution in [0.15, 0.2) is 30.5 Å². The number of hydrogen-bond acceptors (Lipinski definition) is 2. The quantitative estimate of drug-likeness (QED) is 0.741. The van der Waals surface area contributed by atoms with Crippen molar-refractivity contribution in [1.82, 2.24) is 4.98 Å². The van der Waals surface area contributed by atoms with Gasteiger partial charge < -0.3 is 4.74 Å². The summed E-state index contributed by atoms with van der Waals surface area (Å²) in [4.78, 5) is 3.81. The minimum atomic E-state index is -5.58. The molecule has 21 heavy (non-hydrogen) atoms. The van der Waals surface area contributed by atoms with Gasteiger partial charge in [0.15, 0.2) is 0 Å². The minimum absolute atomic E-state index is 0.000370. The van der Waals surface area contributed by atoms with Crippen molar-refractivity contribution in [3.8, 4) is 5.75 Å². The molecule has 2 rings (SSSR count). The van der Waals surface area contributed by atoms with E-state index in [1.807, 2.05) is 0 Å². The standard InChI is InChI=1S/C12H6ClF6NO/c13-6-1-2-7-8(5-6)20-4-3-9(7)21-10(11(14,15)16)12(17,18)19/h1-5,10H. The molecule has 0 aliphatic carbocycles. The molecule has 9 heteroatoms. The summed E-state index contributed by atoms with van der Waals surface area (Å²) in [7, 11) is 0. The lowest BCUT2D eigenvalue weighted by atomic mass is 10.2. The van der Waals surface area contributed by atoms with Crippen molar-refractivity contribution in [2.75, 3.05) is 0 Å². The summed E-state index contributed by atoms with van der Waals surface area (Å²) in [6, 6.07) is 4.79. The van der Waals surface area contributed by atoms with Crippen LogP contribution in [-0.2, 0) is 0 Å². The molecule has 1 heterocycles. The van der Waals surface area contributed by atoms with Crippen molar-refractivity contribution in [2.45, 2.75) is 18.5 Å². The molecular formula is C12H6ClF6NO. The molecule has 0 spiro atoms. The molecule has 0 atom stereocenters. The Labute approximate surface area is 119 Å². The summed E-state index contributed by atoms with van der Waals surface area (Å²) in [6.45, 7) is 0. The number of hydrogen-bond donors (Lipinski definition) is 0. The molecule has 0 N–H and O–H groups in total. The van der Waals surface area contributed by atoms with Crippen LogP contribution in [0.1, 0.15) is 0 Å². The van der Waals surface area contributed by atoms with Crippen molar-refractivity contribution in [3.63, 3.8) is 0 Å². The van der Waals surface area contributed by atoms with E-state index in [-0.39, 0.29) is 15.9 Å². The molecular weight excluding hydrogens is 324 g/mol. The Bertz CT molecular complexity index is 640. The Morgan fingerprint density at radius 1 is 1.00 bits per heavy atom. The number of alkyl halides is 6. The van der Waals surface area contributed by atoms with E-state index < -0.39 is 24.2 Å². The maximum absolute atomic E-state index is 12.5. The van der Waals surface area contributed by atoms with Gasteiger partial charge in [-0.1, -0.05) is 11.6 Å². The van der Waals surface area contributed by atoms with Crippen LogP contribution in [0.25, 0.3) is 10.9 Å². The molecule has 1 aromatic heterocycles. The van der Waals surface area contributed by atoms with Crippen LogP contribution in [-0.4, -0.2) is 23.4 Å². The van der Waals surface area contributed by atoms with E-state index in [0.717, 1.165) is 12.3 Å². The lowest BCUT2D eigenvalue weighted by Gasteiger charge is -2.24. The predicted octanol–water partition coefficient (Wildman–Crippen LogP) is 4.76. The fourth-order valence-corrected chi connectivity index (χ4v) is 1.81. The van der Waals surface area contributed by atoms with Crippen LogP contribution >= 0.6 is 11.6 Å². The summed E-state index contributed by atoms with van der Waals surface area (Å²) in [6.07, 6.45) is -14.0. The maximum atomic E-state index is 12.5. The summed E-state index contributed by atoms with van der Waals surface area (Å²) >= 11 is 5.68. The minimum Gasteiger partial charge on any atom is -0.471 e. The van der Waals surface area contributed by atoms with E-state index in [0.29, 0.717) is 0 Å². The number of fused-ring (bicyclic) bond motifs is 1. The molecule has 1 aromatic carbocycles. The zero-order valence-corrected chi connectivity index (χ0v) is 10.7. The molecule has 2 nitrogen and oxygen atoms in total. The van der Waals surface area contributed by atoms with Crippen LogP contribution in [0.5, 0.6) is 5.75 Å². The lowest BCUT2D eigenvalue weighted by molar-refractivity contribution is -0.299. The number of aromatic nitrogens is 1. The highest BCUT2D eigenvalue weighted by Crippen LogP contribution is 2.38. The van der Waals surface area contributed by atoms with Crippen LogP contribution in [0.4, 0.5) is 26.3 Å². The third kappa shape index (κ3) is 3.49. The molecule has 0 aliphatic heterocycles. The van der Waals surface area contributed by atoms with Crippen LogP contribution in [0, 0.1) is 0 Å². The van der Waals surface area contributed by atoms with Gasteiger partial charge >= 0.3 is 12.4 Å². The van der Waals surface area contributed by atoms with Crippen molar-refractivity contribution in [2.24, 2.45) is 0 Å². The Morgan fingerprint density at radius 3 is 2.19 bits per heavy atom. The SMILES string of the molecule is FC(F)(F)C(Oc1ccnc2cc(Cl)ccc12)C(F)(F)F. The first-order chi connectivity index (χ1) is 9.59. The number of benzene rings is 1. The van der Waals surface area contributed by atoms with E-state index in [1.165, 1.54) is 18.2 Å². The average molecular weight is 330 g/mol. The number of pyridine rings is 1. The molecule has 0 fully saturated rings. The van der Waals surface area contributed by atoms with Crippen molar-refractivity contribution in [3.05, 3.63) is 35.5 Å². The first-order valence-corrected chi connectivity index (χ1v) is 5.81. The highest BCUT2D eigenvalue weighted by atomic mass is 35.5. The second-order valence-electron chi connectivity index (χ2n) is 4.05. The average Bonchev–Trinajstić information content (AvgIpc) is 2.32. The summed E-state index contributed by atoms with van der Waals surface area (Å²) < 4.78 is 79.1. The topological polar surface area (TPSA) is 22.1 Å². The summed E-state index contributed by atoms with van der Waals surface area (Å²) in [5, 5.41) is 0.246. The van der Waals surface area contributed by atoms with Crippen molar-refractivity contribution < 1.29 is 31.1 Å². The van der Waals surface area contributed by atoms with E-state index in [4.69, 9.17) is 11.6 Å². The van der Waals surface area contributed by atoms with Crippen LogP contribution in [0.3, 0.4) is 0 Å². The van der Waals surface area contributed by atoms with Gasteiger partial charge in [-0.25, -0.2) is 0 Å². The third-order valence-corrected chi connectivity index (χ3v) is 2.74. The lowest BCUT2D eigenvalue weighted by Crippen LogP contribution is -2.46. The van der Waals surface area contributed by atoms with Gasteiger partial charge in [0.2, 0.25) is 0 Å². The maximum Gasteiger partial charge on any atom is 0.434 e. The van der Waals surface area contributed by atoms with E-state index in [9.17, 15) is 26.3 Å². The zero-order valence-electron chi connectivity index (χ0n) is 9.97. The van der Waals surface area contributed by atoms with E-state index in [2.05, 4.69) is 9.72 Å². The van der Waals surface area contributed by atoms with Gasteiger partial charge in [-0.05, 0) is 24.3 Å². The molecule has 0 saturated heterocycles. The van der Waals surface area contributed by atoms with Gasteiger partial charge in [0.25, 0.3) is 6.10 Å². The van der Waals surface area contributed by atoms with Crippen LogP contribution < -0.4 is 4.74 Å². The second-order valence-corrected chi connectivity index (χ2v) is 4.49. The second kappa shape index (κ2) is 5.25. The van der Waals surface area contributed by atoms with Gasteiger partial charge in [-0.3, -0.25) is 4.98 Å². The summed E-state index contributed by atoms with van der Waals surface area (Å²) in [5.74, 6) is -0.573. The summed E-state index contributed by atoms with van der Waals surface area (Å²) in [5.41, 5.74) is 0.128. The van der Waals surface area contributed by atoms with Gasteiger partial charge in [0, 0.05) is 16.6 Å². The highest BCUT2D eigenvalue weighted by molar-refractivity contribution is 6.31. The van der Waals surface area contributed by atoms with Gasteiger partial charge in [0.1, 0.15) is 5.75 Å².